The maximum absolute atomic E-state index is 13.7. The molecule has 29 heavy (non-hydrogen) atoms. The van der Waals surface area contributed by atoms with Crippen LogP contribution in [0.4, 0.5) is 10.5 Å². The molecule has 5 nitrogen and oxygen atoms in total. The number of fused-ring (bicyclic) bond motifs is 4. The number of para-hydroxylation sites is 1. The zero-order valence-electron chi connectivity index (χ0n) is 15.5. The van der Waals surface area contributed by atoms with E-state index in [4.69, 9.17) is 16.3 Å². The van der Waals surface area contributed by atoms with Crippen molar-refractivity contribution < 1.29 is 14.3 Å². The second kappa shape index (κ2) is 6.61. The van der Waals surface area contributed by atoms with E-state index in [0.717, 1.165) is 5.56 Å². The number of anilines is 1. The van der Waals surface area contributed by atoms with Crippen LogP contribution in [-0.4, -0.2) is 22.6 Å². The fourth-order valence-corrected chi connectivity index (χ4v) is 4.91. The number of halogens is 1. The number of nitrogens with zero attached hydrogens (tertiary/aromatic N) is 2. The van der Waals surface area contributed by atoms with E-state index in [-0.39, 0.29) is 5.91 Å². The van der Waals surface area contributed by atoms with Crippen LogP contribution in [0.15, 0.2) is 66.0 Å². The smallest absolute Gasteiger partial charge is 0.335 e. The molecule has 2 aliphatic heterocycles. The van der Waals surface area contributed by atoms with Gasteiger partial charge in [0.1, 0.15) is 5.75 Å². The lowest BCUT2D eigenvalue weighted by Gasteiger charge is -2.53. The monoisotopic (exact) mass is 424 g/mol. The van der Waals surface area contributed by atoms with Gasteiger partial charge in [0.05, 0.1) is 10.9 Å². The SMILES string of the molecule is C[C@@]12C[C@H](c3ccccc3O1)N(C(=O)c1cccs1)C(=O)N2c1ccc(Cl)cc1. The minimum atomic E-state index is -0.920. The number of imide groups is 1. The summed E-state index contributed by atoms with van der Waals surface area (Å²) in [4.78, 5) is 30.5. The van der Waals surface area contributed by atoms with Gasteiger partial charge < -0.3 is 4.74 Å². The Morgan fingerprint density at radius 2 is 1.90 bits per heavy atom. The first-order chi connectivity index (χ1) is 14.0. The van der Waals surface area contributed by atoms with Crippen LogP contribution in [0.2, 0.25) is 5.02 Å². The Bertz CT molecular complexity index is 1100. The number of ether oxygens (including phenoxy) is 1. The molecule has 1 saturated heterocycles. The molecule has 146 valence electrons. The lowest BCUT2D eigenvalue weighted by atomic mass is 9.88. The van der Waals surface area contributed by atoms with E-state index in [1.807, 2.05) is 42.6 Å². The zero-order valence-corrected chi connectivity index (χ0v) is 17.1. The summed E-state index contributed by atoms with van der Waals surface area (Å²) in [7, 11) is 0. The Labute approximate surface area is 177 Å². The molecular weight excluding hydrogens is 408 g/mol. The van der Waals surface area contributed by atoms with Gasteiger partial charge in [-0.3, -0.25) is 14.6 Å². The number of carbonyl (C=O) groups is 2. The highest BCUT2D eigenvalue weighted by Crippen LogP contribution is 2.49. The number of hydrogen-bond acceptors (Lipinski definition) is 4. The molecule has 0 spiro atoms. The molecule has 2 atom stereocenters. The van der Waals surface area contributed by atoms with Gasteiger partial charge in [0.2, 0.25) is 0 Å². The van der Waals surface area contributed by atoms with E-state index in [9.17, 15) is 9.59 Å². The first-order valence-corrected chi connectivity index (χ1v) is 10.5. The van der Waals surface area contributed by atoms with Gasteiger partial charge in [-0.2, -0.15) is 0 Å². The van der Waals surface area contributed by atoms with Crippen molar-refractivity contribution in [1.82, 2.24) is 4.90 Å². The average molecular weight is 425 g/mol. The fraction of sp³-hybridized carbons (Fsp3) is 0.182. The van der Waals surface area contributed by atoms with E-state index < -0.39 is 17.8 Å². The highest BCUT2D eigenvalue weighted by Gasteiger charge is 2.55. The van der Waals surface area contributed by atoms with Gasteiger partial charge in [0.25, 0.3) is 5.91 Å². The molecule has 0 unspecified atom stereocenters. The summed E-state index contributed by atoms with van der Waals surface area (Å²) in [6.07, 6.45) is 0.468. The van der Waals surface area contributed by atoms with Crippen LogP contribution in [0.5, 0.6) is 5.75 Å². The topological polar surface area (TPSA) is 49.9 Å². The molecule has 3 heterocycles. The Balaban J connectivity index is 1.68. The van der Waals surface area contributed by atoms with Crippen LogP contribution < -0.4 is 9.64 Å². The summed E-state index contributed by atoms with van der Waals surface area (Å²) in [6.45, 7) is 1.88. The predicted octanol–water partition coefficient (Wildman–Crippen LogP) is 5.72. The zero-order chi connectivity index (χ0) is 20.2. The van der Waals surface area contributed by atoms with Gasteiger partial charge in [-0.25, -0.2) is 4.79 Å². The minimum absolute atomic E-state index is 0.298. The van der Waals surface area contributed by atoms with Crippen LogP contribution in [-0.2, 0) is 0 Å². The number of benzene rings is 2. The summed E-state index contributed by atoms with van der Waals surface area (Å²) < 4.78 is 6.31. The van der Waals surface area contributed by atoms with E-state index in [0.29, 0.717) is 27.8 Å². The molecule has 0 aliphatic carbocycles. The normalized spacial score (nSPS) is 22.8. The molecular formula is C22H17ClN2O3S. The molecule has 0 saturated carbocycles. The molecule has 2 aromatic carbocycles. The summed E-state index contributed by atoms with van der Waals surface area (Å²) in [5, 5.41) is 2.41. The number of hydrogen-bond donors (Lipinski definition) is 0. The lowest BCUT2D eigenvalue weighted by Crippen LogP contribution is -2.67. The summed E-state index contributed by atoms with van der Waals surface area (Å²) in [5.74, 6) is 0.384. The first-order valence-electron chi connectivity index (χ1n) is 9.23. The van der Waals surface area contributed by atoms with Gasteiger partial charge in [0, 0.05) is 22.7 Å². The van der Waals surface area contributed by atoms with Crippen LogP contribution in [0.1, 0.15) is 34.6 Å². The van der Waals surface area contributed by atoms with Crippen molar-refractivity contribution in [1.29, 1.82) is 0 Å². The molecule has 2 aliphatic rings. The van der Waals surface area contributed by atoms with Gasteiger partial charge in [-0.05, 0) is 48.7 Å². The van der Waals surface area contributed by atoms with Crippen molar-refractivity contribution in [2.45, 2.75) is 25.1 Å². The molecule has 0 N–H and O–H groups in total. The van der Waals surface area contributed by atoms with E-state index >= 15 is 0 Å². The number of thiophene rings is 1. The molecule has 0 radical (unpaired) electrons. The van der Waals surface area contributed by atoms with Gasteiger partial charge in [-0.15, -0.1) is 11.3 Å². The lowest BCUT2D eigenvalue weighted by molar-refractivity contribution is 0.00284. The summed E-state index contributed by atoms with van der Waals surface area (Å²) in [6, 6.07) is 17.3. The maximum atomic E-state index is 13.7. The largest absolute Gasteiger partial charge is 0.467 e. The second-order valence-electron chi connectivity index (χ2n) is 7.28. The second-order valence-corrected chi connectivity index (χ2v) is 8.67. The van der Waals surface area contributed by atoms with Gasteiger partial charge in [-0.1, -0.05) is 35.9 Å². The highest BCUT2D eigenvalue weighted by atomic mass is 35.5. The van der Waals surface area contributed by atoms with Crippen molar-refractivity contribution in [3.8, 4) is 5.75 Å². The van der Waals surface area contributed by atoms with E-state index in [2.05, 4.69) is 0 Å². The number of rotatable bonds is 2. The minimum Gasteiger partial charge on any atom is -0.467 e. The highest BCUT2D eigenvalue weighted by molar-refractivity contribution is 7.12. The quantitative estimate of drug-likeness (QED) is 0.528. The van der Waals surface area contributed by atoms with Crippen molar-refractivity contribution in [2.24, 2.45) is 0 Å². The van der Waals surface area contributed by atoms with Crippen LogP contribution in [0.3, 0.4) is 0 Å². The Hall–Kier alpha value is -2.83. The summed E-state index contributed by atoms with van der Waals surface area (Å²) in [5.41, 5.74) is 0.554. The van der Waals surface area contributed by atoms with Gasteiger partial charge >= 0.3 is 6.03 Å². The van der Waals surface area contributed by atoms with Crippen LogP contribution in [0.25, 0.3) is 0 Å². The average Bonchev–Trinajstić information content (AvgIpc) is 3.24. The molecule has 1 aromatic heterocycles. The number of urea groups is 1. The van der Waals surface area contributed by atoms with Crippen molar-refractivity contribution >= 4 is 40.6 Å². The Morgan fingerprint density at radius 1 is 1.14 bits per heavy atom. The third-order valence-corrected chi connectivity index (χ3v) is 6.51. The molecule has 5 rings (SSSR count). The number of amides is 3. The standard InChI is InChI=1S/C22H17ClN2O3S/c1-22-13-17(16-5-2-3-6-18(16)28-22)24(20(26)19-7-4-12-29-19)21(27)25(22)15-10-8-14(23)9-11-15/h2-12,17H,13H2,1H3/t17-,22+/m1/s1. The maximum Gasteiger partial charge on any atom is 0.335 e. The van der Waals surface area contributed by atoms with Crippen molar-refractivity contribution in [3.05, 3.63) is 81.5 Å². The third-order valence-electron chi connectivity index (χ3n) is 5.40. The fourth-order valence-electron chi connectivity index (χ4n) is 4.13. The third kappa shape index (κ3) is 2.82. The molecule has 7 heteroatoms. The molecule has 3 aromatic rings. The van der Waals surface area contributed by atoms with E-state index in [1.165, 1.54) is 16.2 Å². The van der Waals surface area contributed by atoms with Crippen molar-refractivity contribution in [2.75, 3.05) is 4.90 Å². The van der Waals surface area contributed by atoms with Crippen molar-refractivity contribution in [3.63, 3.8) is 0 Å². The van der Waals surface area contributed by atoms with E-state index in [1.54, 1.807) is 35.2 Å². The summed E-state index contributed by atoms with van der Waals surface area (Å²) >= 11 is 7.37. The Kier molecular flexibility index (Phi) is 4.15. The molecule has 2 bridgehead atoms. The molecule has 1 fully saturated rings. The number of carbonyl (C=O) groups excluding carboxylic acids is 2. The first kappa shape index (κ1) is 18.2. The Morgan fingerprint density at radius 3 is 2.62 bits per heavy atom. The van der Waals surface area contributed by atoms with Gasteiger partial charge in [0.15, 0.2) is 5.72 Å². The van der Waals surface area contributed by atoms with Crippen LogP contribution >= 0.6 is 22.9 Å². The van der Waals surface area contributed by atoms with Crippen LogP contribution in [0, 0.1) is 0 Å². The molecule has 3 amide bonds. The predicted molar refractivity (Wildman–Crippen MR) is 113 cm³/mol.